The summed E-state index contributed by atoms with van der Waals surface area (Å²) < 4.78 is 8.92. The van der Waals surface area contributed by atoms with Crippen molar-refractivity contribution in [3.63, 3.8) is 0 Å². The number of fused-ring (bicyclic) bond motifs is 1. The minimum atomic E-state index is -0.974. The maximum absolute atomic E-state index is 13.3. The molecule has 0 aliphatic rings. The van der Waals surface area contributed by atoms with E-state index in [0.29, 0.717) is 22.5 Å². The molecule has 1 aromatic heterocycles. The predicted molar refractivity (Wildman–Crippen MR) is 152 cm³/mol. The molecule has 0 bridgehead atoms. The van der Waals surface area contributed by atoms with Crippen molar-refractivity contribution in [1.29, 1.82) is 0 Å². The number of halogens is 2. The van der Waals surface area contributed by atoms with Crippen LogP contribution in [0.1, 0.15) is 48.1 Å². The van der Waals surface area contributed by atoms with E-state index in [1.54, 1.807) is 30.5 Å². The second-order valence-corrected chi connectivity index (χ2v) is 11.3. The molecule has 184 valence electrons. The van der Waals surface area contributed by atoms with Crippen molar-refractivity contribution in [3.8, 4) is 5.75 Å². The standard InChI is InChI=1S/C27H23BrIN3O4/c1-27(2,3)26-31-22-9-8-19(28)13-20(22)24(33)32(26)30-14-16-7-10-23(21(29)12-16)36-15-17-5-4-6-18(11-17)25(34)35/h4-14H,15H2,1-3H3,(H,34,35). The summed E-state index contributed by atoms with van der Waals surface area (Å²) in [4.78, 5) is 29.2. The van der Waals surface area contributed by atoms with Gasteiger partial charge in [0.1, 0.15) is 18.2 Å². The first-order valence-corrected chi connectivity index (χ1v) is 12.9. The fourth-order valence-electron chi connectivity index (χ4n) is 3.54. The van der Waals surface area contributed by atoms with Gasteiger partial charge in [-0.05, 0) is 82.2 Å². The molecule has 0 fully saturated rings. The highest BCUT2D eigenvalue weighted by Crippen LogP contribution is 2.25. The Morgan fingerprint density at radius 3 is 2.64 bits per heavy atom. The van der Waals surface area contributed by atoms with Crippen molar-refractivity contribution in [3.05, 3.63) is 102 Å². The number of carboxylic acid groups (broad SMARTS) is 1. The summed E-state index contributed by atoms with van der Waals surface area (Å²) >= 11 is 5.60. The number of hydrogen-bond donors (Lipinski definition) is 1. The fourth-order valence-corrected chi connectivity index (χ4v) is 4.59. The van der Waals surface area contributed by atoms with Crippen molar-refractivity contribution < 1.29 is 14.6 Å². The highest BCUT2D eigenvalue weighted by Gasteiger charge is 2.23. The molecule has 36 heavy (non-hydrogen) atoms. The predicted octanol–water partition coefficient (Wildman–Crippen LogP) is 6.22. The minimum Gasteiger partial charge on any atom is -0.488 e. The molecule has 4 aromatic rings. The number of rotatable bonds is 6. The smallest absolute Gasteiger partial charge is 0.335 e. The van der Waals surface area contributed by atoms with Gasteiger partial charge < -0.3 is 9.84 Å². The lowest BCUT2D eigenvalue weighted by Crippen LogP contribution is -2.29. The maximum atomic E-state index is 13.3. The molecule has 7 nitrogen and oxygen atoms in total. The SMILES string of the molecule is CC(C)(C)c1nc2ccc(Br)cc2c(=O)n1N=Cc1ccc(OCc2cccc(C(=O)O)c2)c(I)c1. The first kappa shape index (κ1) is 26.0. The number of benzene rings is 3. The highest BCUT2D eigenvalue weighted by molar-refractivity contribution is 14.1. The van der Waals surface area contributed by atoms with Gasteiger partial charge in [0.15, 0.2) is 0 Å². The van der Waals surface area contributed by atoms with Crippen LogP contribution >= 0.6 is 38.5 Å². The number of hydrogen-bond acceptors (Lipinski definition) is 5. The fraction of sp³-hybridized carbons (Fsp3) is 0.185. The molecular formula is C27H23BrIN3O4. The zero-order valence-corrected chi connectivity index (χ0v) is 23.6. The van der Waals surface area contributed by atoms with Crippen LogP contribution in [0.3, 0.4) is 0 Å². The monoisotopic (exact) mass is 659 g/mol. The third-order valence-corrected chi connectivity index (χ3v) is 6.66. The molecule has 0 unspecified atom stereocenters. The lowest BCUT2D eigenvalue weighted by molar-refractivity contribution is 0.0696. The summed E-state index contributed by atoms with van der Waals surface area (Å²) in [6.45, 7) is 6.22. The van der Waals surface area contributed by atoms with Gasteiger partial charge >= 0.3 is 5.97 Å². The van der Waals surface area contributed by atoms with Gasteiger partial charge in [-0.15, -0.1) is 0 Å². The lowest BCUT2D eigenvalue weighted by Gasteiger charge is -2.20. The number of carboxylic acids is 1. The van der Waals surface area contributed by atoms with E-state index in [1.165, 1.54) is 4.68 Å². The summed E-state index contributed by atoms with van der Waals surface area (Å²) in [5.74, 6) is 0.258. The van der Waals surface area contributed by atoms with Crippen LogP contribution < -0.4 is 10.3 Å². The number of nitrogens with zero attached hydrogens (tertiary/aromatic N) is 3. The van der Waals surface area contributed by atoms with E-state index in [0.717, 1.165) is 19.2 Å². The Labute approximate surface area is 230 Å². The number of ether oxygens (including phenoxy) is 1. The van der Waals surface area contributed by atoms with Crippen molar-refractivity contribution in [2.75, 3.05) is 0 Å². The first-order valence-electron chi connectivity index (χ1n) is 11.0. The molecular weight excluding hydrogens is 637 g/mol. The molecule has 9 heteroatoms. The number of aromatic nitrogens is 2. The van der Waals surface area contributed by atoms with E-state index < -0.39 is 11.4 Å². The van der Waals surface area contributed by atoms with Gasteiger partial charge in [-0.2, -0.15) is 9.78 Å². The zero-order chi connectivity index (χ0) is 26.0. The van der Waals surface area contributed by atoms with Crippen molar-refractivity contribution in [2.24, 2.45) is 5.10 Å². The van der Waals surface area contributed by atoms with Crippen LogP contribution in [0.2, 0.25) is 0 Å². The second kappa shape index (κ2) is 10.5. The van der Waals surface area contributed by atoms with Crippen molar-refractivity contribution in [2.45, 2.75) is 32.8 Å². The lowest BCUT2D eigenvalue weighted by atomic mass is 9.95. The topological polar surface area (TPSA) is 93.8 Å². The number of carbonyl (C=O) groups is 1. The van der Waals surface area contributed by atoms with Gasteiger partial charge in [-0.25, -0.2) is 9.78 Å². The van der Waals surface area contributed by atoms with E-state index in [2.05, 4.69) is 43.6 Å². The molecule has 0 saturated heterocycles. The summed E-state index contributed by atoms with van der Waals surface area (Å²) in [6, 6.07) is 17.7. The normalized spacial score (nSPS) is 11.8. The molecule has 0 aliphatic heterocycles. The van der Waals surface area contributed by atoms with Crippen LogP contribution in [0, 0.1) is 3.57 Å². The molecule has 4 rings (SSSR count). The largest absolute Gasteiger partial charge is 0.488 e. The summed E-state index contributed by atoms with van der Waals surface area (Å²) in [5.41, 5.74) is 1.77. The van der Waals surface area contributed by atoms with Gasteiger partial charge in [-0.1, -0.05) is 48.8 Å². The molecule has 0 amide bonds. The molecule has 1 N–H and O–H groups in total. The van der Waals surface area contributed by atoms with Crippen LogP contribution in [-0.4, -0.2) is 27.0 Å². The first-order chi connectivity index (χ1) is 17.0. The van der Waals surface area contributed by atoms with Gasteiger partial charge in [0, 0.05) is 9.89 Å². The Morgan fingerprint density at radius 1 is 1.17 bits per heavy atom. The molecule has 3 aromatic carbocycles. The average Bonchev–Trinajstić information content (AvgIpc) is 2.82. The molecule has 1 heterocycles. The Kier molecular flexibility index (Phi) is 7.60. The molecule has 0 aliphatic carbocycles. The molecule has 0 saturated carbocycles. The Bertz CT molecular complexity index is 1560. The van der Waals surface area contributed by atoms with Gasteiger partial charge in [0.05, 0.1) is 26.3 Å². The van der Waals surface area contributed by atoms with Gasteiger partial charge in [0.25, 0.3) is 5.56 Å². The van der Waals surface area contributed by atoms with Crippen LogP contribution in [0.25, 0.3) is 10.9 Å². The van der Waals surface area contributed by atoms with Crippen LogP contribution in [0.5, 0.6) is 5.75 Å². The van der Waals surface area contributed by atoms with Crippen LogP contribution in [0.4, 0.5) is 0 Å². The maximum Gasteiger partial charge on any atom is 0.335 e. The molecule has 0 atom stereocenters. The third kappa shape index (κ3) is 5.84. The van der Waals surface area contributed by atoms with E-state index >= 15 is 0 Å². The van der Waals surface area contributed by atoms with E-state index in [1.807, 2.05) is 57.2 Å². The highest BCUT2D eigenvalue weighted by atomic mass is 127. The summed E-state index contributed by atoms with van der Waals surface area (Å²) in [7, 11) is 0. The van der Waals surface area contributed by atoms with Crippen LogP contribution in [-0.2, 0) is 12.0 Å². The second-order valence-electron chi connectivity index (χ2n) is 9.19. The Balaban J connectivity index is 1.61. The zero-order valence-electron chi connectivity index (χ0n) is 19.8. The third-order valence-electron chi connectivity index (χ3n) is 5.33. The van der Waals surface area contributed by atoms with Crippen molar-refractivity contribution in [1.82, 2.24) is 9.66 Å². The summed E-state index contributed by atoms with van der Waals surface area (Å²) in [6.07, 6.45) is 1.63. The van der Waals surface area contributed by atoms with E-state index in [9.17, 15) is 9.59 Å². The van der Waals surface area contributed by atoms with E-state index in [4.69, 9.17) is 14.8 Å². The molecule has 0 spiro atoms. The van der Waals surface area contributed by atoms with Gasteiger partial charge in [-0.3, -0.25) is 4.79 Å². The quantitative estimate of drug-likeness (QED) is 0.196. The Morgan fingerprint density at radius 2 is 1.94 bits per heavy atom. The minimum absolute atomic E-state index is 0.220. The average molecular weight is 660 g/mol. The van der Waals surface area contributed by atoms with E-state index in [-0.39, 0.29) is 17.7 Å². The Hall–Kier alpha value is -3.05. The van der Waals surface area contributed by atoms with Crippen molar-refractivity contribution >= 4 is 61.6 Å². The van der Waals surface area contributed by atoms with Gasteiger partial charge in [0.2, 0.25) is 0 Å². The number of aromatic carboxylic acids is 1. The molecule has 0 radical (unpaired) electrons. The van der Waals surface area contributed by atoms with Crippen LogP contribution in [0.15, 0.2) is 75.0 Å². The summed E-state index contributed by atoms with van der Waals surface area (Å²) in [5, 5.41) is 14.2.